The van der Waals surface area contributed by atoms with E-state index in [1.54, 1.807) is 13.3 Å². The van der Waals surface area contributed by atoms with Gasteiger partial charge in [-0.15, -0.1) is 0 Å². The highest BCUT2D eigenvalue weighted by atomic mass is 16.5. The second-order valence-electron chi connectivity index (χ2n) is 9.59. The van der Waals surface area contributed by atoms with Crippen LogP contribution in [-0.2, 0) is 0 Å². The van der Waals surface area contributed by atoms with Gasteiger partial charge in [0.15, 0.2) is 0 Å². The summed E-state index contributed by atoms with van der Waals surface area (Å²) in [6.45, 7) is 2.31. The molecule has 0 radical (unpaired) electrons. The summed E-state index contributed by atoms with van der Waals surface area (Å²) in [6, 6.07) is 14.1. The van der Waals surface area contributed by atoms with Crippen LogP contribution >= 0.6 is 0 Å². The molecular formula is C27H35N5O. The molecule has 2 fully saturated rings. The number of aliphatic imine (C=N–C) groups is 1. The first-order chi connectivity index (χ1) is 16.1. The number of aromatic nitrogens is 2. The summed E-state index contributed by atoms with van der Waals surface area (Å²) in [4.78, 5) is 7.53. The van der Waals surface area contributed by atoms with E-state index in [1.807, 2.05) is 19.3 Å². The van der Waals surface area contributed by atoms with E-state index in [-0.39, 0.29) is 0 Å². The molecular weight excluding hydrogens is 410 g/mol. The average Bonchev–Trinajstić information content (AvgIpc) is 3.30. The van der Waals surface area contributed by atoms with Crippen molar-refractivity contribution in [2.45, 2.75) is 50.6 Å². The van der Waals surface area contributed by atoms with Gasteiger partial charge in [-0.05, 0) is 79.6 Å². The number of likely N-dealkylation sites (tertiary alicyclic amines) is 1. The van der Waals surface area contributed by atoms with Crippen LogP contribution in [0.4, 0.5) is 5.69 Å². The molecule has 174 valence electrons. The van der Waals surface area contributed by atoms with Gasteiger partial charge in [0.05, 0.1) is 25.0 Å². The van der Waals surface area contributed by atoms with Crippen LogP contribution in [0, 0.1) is 5.92 Å². The van der Waals surface area contributed by atoms with Gasteiger partial charge >= 0.3 is 0 Å². The highest BCUT2D eigenvalue weighted by Crippen LogP contribution is 2.34. The first-order valence-corrected chi connectivity index (χ1v) is 12.2. The summed E-state index contributed by atoms with van der Waals surface area (Å²) in [5.41, 5.74) is 9.13. The predicted octanol–water partition coefficient (Wildman–Crippen LogP) is 4.94. The number of hydrogen-bond acceptors (Lipinski definition) is 5. The van der Waals surface area contributed by atoms with Crippen LogP contribution in [0.25, 0.3) is 10.8 Å². The monoisotopic (exact) mass is 445 g/mol. The third-order valence-corrected chi connectivity index (χ3v) is 7.60. The van der Waals surface area contributed by atoms with E-state index in [0.29, 0.717) is 18.0 Å². The van der Waals surface area contributed by atoms with Crippen molar-refractivity contribution in [3.63, 3.8) is 0 Å². The van der Waals surface area contributed by atoms with Gasteiger partial charge in [0.1, 0.15) is 5.75 Å². The molecule has 6 nitrogen and oxygen atoms in total. The lowest BCUT2D eigenvalue weighted by molar-refractivity contribution is 0.102. The van der Waals surface area contributed by atoms with Crippen molar-refractivity contribution in [3.8, 4) is 5.75 Å². The van der Waals surface area contributed by atoms with E-state index in [4.69, 9.17) is 15.5 Å². The molecule has 0 amide bonds. The Bertz CT molecular complexity index is 1130. The Balaban J connectivity index is 1.26. The molecule has 33 heavy (non-hydrogen) atoms. The van der Waals surface area contributed by atoms with E-state index in [2.05, 4.69) is 45.0 Å². The Morgan fingerprint density at radius 3 is 2.52 bits per heavy atom. The zero-order chi connectivity index (χ0) is 22.8. The van der Waals surface area contributed by atoms with Crippen molar-refractivity contribution < 1.29 is 4.74 Å². The van der Waals surface area contributed by atoms with E-state index in [9.17, 15) is 0 Å². The summed E-state index contributed by atoms with van der Waals surface area (Å²) in [7, 11) is 3.67. The van der Waals surface area contributed by atoms with Crippen LogP contribution in [-0.4, -0.2) is 53.7 Å². The molecule has 6 heteroatoms. The molecule has 1 atom stereocenters. The number of piperidine rings is 1. The minimum Gasteiger partial charge on any atom is -0.497 e. The maximum atomic E-state index is 5.87. The number of nitrogens with two attached hydrogens (primary N) is 1. The smallest absolute Gasteiger partial charge is 0.119 e. The lowest BCUT2D eigenvalue weighted by Crippen LogP contribution is -2.46. The number of ether oxygens (including phenoxy) is 1. The highest BCUT2D eigenvalue weighted by molar-refractivity contribution is 6.05. The van der Waals surface area contributed by atoms with Gasteiger partial charge in [-0.3, -0.25) is 14.6 Å². The number of fused-ring (bicyclic) bond motifs is 1. The summed E-state index contributed by atoms with van der Waals surface area (Å²) in [5.74, 6) is 1.39. The van der Waals surface area contributed by atoms with Crippen molar-refractivity contribution in [2.24, 2.45) is 10.9 Å². The Hall–Kier alpha value is -2.86. The SMILES string of the molecule is CN=C(c1ccc2cc(OC)ccc2c1)C1CCCN(C2CCC(n3cc(N)cn3)CC2)C1. The predicted molar refractivity (Wildman–Crippen MR) is 135 cm³/mol. The van der Waals surface area contributed by atoms with Gasteiger partial charge in [-0.25, -0.2) is 0 Å². The van der Waals surface area contributed by atoms with E-state index in [1.165, 1.54) is 67.1 Å². The molecule has 1 aromatic heterocycles. The first kappa shape index (κ1) is 22.0. The maximum absolute atomic E-state index is 5.87. The van der Waals surface area contributed by atoms with Gasteiger partial charge < -0.3 is 10.5 Å². The number of nitrogens with zero attached hydrogens (tertiary/aromatic N) is 4. The van der Waals surface area contributed by atoms with Crippen LogP contribution in [0.5, 0.6) is 5.75 Å². The zero-order valence-corrected chi connectivity index (χ0v) is 19.8. The topological polar surface area (TPSA) is 68.7 Å². The van der Waals surface area contributed by atoms with Crippen LogP contribution in [0.15, 0.2) is 53.8 Å². The van der Waals surface area contributed by atoms with E-state index >= 15 is 0 Å². The number of nitrogen functional groups attached to an aromatic ring is 1. The molecule has 5 rings (SSSR count). The zero-order valence-electron chi connectivity index (χ0n) is 19.8. The average molecular weight is 446 g/mol. The fourth-order valence-electron chi connectivity index (χ4n) is 5.86. The quantitative estimate of drug-likeness (QED) is 0.565. The van der Waals surface area contributed by atoms with E-state index in [0.717, 1.165) is 18.0 Å². The molecule has 3 aromatic rings. The maximum Gasteiger partial charge on any atom is 0.119 e. The van der Waals surface area contributed by atoms with Gasteiger partial charge in [-0.2, -0.15) is 5.10 Å². The Labute approximate surface area is 196 Å². The van der Waals surface area contributed by atoms with Crippen molar-refractivity contribution in [1.82, 2.24) is 14.7 Å². The summed E-state index contributed by atoms with van der Waals surface area (Å²) >= 11 is 0. The number of methoxy groups -OCH3 is 1. The molecule has 2 aromatic carbocycles. The van der Waals surface area contributed by atoms with Crippen molar-refractivity contribution in [1.29, 1.82) is 0 Å². The van der Waals surface area contributed by atoms with Crippen molar-refractivity contribution in [2.75, 3.05) is 33.0 Å². The normalized spacial score (nSPS) is 24.8. The third-order valence-electron chi connectivity index (χ3n) is 7.60. The summed E-state index contributed by atoms with van der Waals surface area (Å²) < 4.78 is 7.45. The highest BCUT2D eigenvalue weighted by Gasteiger charge is 2.32. The number of anilines is 1. The molecule has 0 bridgehead atoms. The lowest BCUT2D eigenvalue weighted by atomic mass is 9.85. The Kier molecular flexibility index (Phi) is 6.36. The van der Waals surface area contributed by atoms with Gasteiger partial charge in [0, 0.05) is 37.5 Å². The second-order valence-corrected chi connectivity index (χ2v) is 9.59. The fraction of sp³-hybridized carbons (Fsp3) is 0.481. The largest absolute Gasteiger partial charge is 0.497 e. The molecule has 1 unspecified atom stereocenters. The number of rotatable bonds is 5. The van der Waals surface area contributed by atoms with Gasteiger partial charge in [-0.1, -0.05) is 18.2 Å². The molecule has 1 saturated heterocycles. The first-order valence-electron chi connectivity index (χ1n) is 12.2. The third kappa shape index (κ3) is 4.62. The summed E-state index contributed by atoms with van der Waals surface area (Å²) in [6.07, 6.45) is 11.0. The molecule has 1 aliphatic carbocycles. The van der Waals surface area contributed by atoms with Crippen LogP contribution < -0.4 is 10.5 Å². The van der Waals surface area contributed by atoms with Crippen LogP contribution in [0.1, 0.15) is 50.1 Å². The standard InChI is InChI=1S/C27H35N5O/c1-29-27(21-6-5-20-15-26(33-2)12-7-19(20)14-21)22-4-3-13-31(17-22)24-8-10-25(11-9-24)32-18-23(28)16-30-32/h5-7,12,14-16,18,22,24-25H,3-4,8-11,13,17,28H2,1-2H3. The molecule has 2 N–H and O–H groups in total. The molecule has 2 aliphatic rings. The van der Waals surface area contributed by atoms with Gasteiger partial charge in [0.2, 0.25) is 0 Å². The fourth-order valence-corrected chi connectivity index (χ4v) is 5.86. The van der Waals surface area contributed by atoms with Gasteiger partial charge in [0.25, 0.3) is 0 Å². The number of benzene rings is 2. The molecule has 0 spiro atoms. The minimum atomic E-state index is 0.489. The van der Waals surface area contributed by atoms with Crippen molar-refractivity contribution in [3.05, 3.63) is 54.4 Å². The van der Waals surface area contributed by atoms with Crippen LogP contribution in [0.3, 0.4) is 0 Å². The molecule has 2 heterocycles. The minimum absolute atomic E-state index is 0.489. The lowest BCUT2D eigenvalue weighted by Gasteiger charge is -2.41. The molecule has 1 aliphatic heterocycles. The summed E-state index contributed by atoms with van der Waals surface area (Å²) in [5, 5.41) is 6.88. The van der Waals surface area contributed by atoms with E-state index < -0.39 is 0 Å². The van der Waals surface area contributed by atoms with Crippen LogP contribution in [0.2, 0.25) is 0 Å². The Morgan fingerprint density at radius 2 is 1.79 bits per heavy atom. The van der Waals surface area contributed by atoms with Crippen molar-refractivity contribution >= 4 is 22.2 Å². The second kappa shape index (κ2) is 9.56. The number of hydrogen-bond donors (Lipinski definition) is 1. The molecule has 1 saturated carbocycles. The Morgan fingerprint density at radius 1 is 1.03 bits per heavy atom.